The number of aromatic nitrogens is 3. The lowest BCUT2D eigenvalue weighted by molar-refractivity contribution is -0.384. The molecule has 0 spiro atoms. The Morgan fingerprint density at radius 2 is 1.86 bits per heavy atom. The molecule has 1 fully saturated rings. The van der Waals surface area contributed by atoms with Crippen LogP contribution in [-0.4, -0.2) is 30.8 Å². The summed E-state index contributed by atoms with van der Waals surface area (Å²) in [4.78, 5) is 22.9. The smallest absolute Gasteiger partial charge is 0.269 e. The number of nitrogens with zero attached hydrogens (tertiary/aromatic N) is 4. The summed E-state index contributed by atoms with van der Waals surface area (Å²) in [5.74, 6) is 1.14. The molecule has 8 nitrogen and oxygen atoms in total. The van der Waals surface area contributed by atoms with Crippen LogP contribution in [0.15, 0.2) is 59.8 Å². The summed E-state index contributed by atoms with van der Waals surface area (Å²) in [5.41, 5.74) is 1.47. The number of nitro groups is 1. The highest BCUT2D eigenvalue weighted by Crippen LogP contribution is 2.41. The molecule has 3 aromatic rings. The van der Waals surface area contributed by atoms with Crippen molar-refractivity contribution in [1.82, 2.24) is 14.8 Å². The number of benzene rings is 2. The number of rotatable bonds is 7. The van der Waals surface area contributed by atoms with E-state index < -0.39 is 10.2 Å². The Labute approximate surface area is 171 Å². The van der Waals surface area contributed by atoms with Gasteiger partial charge in [-0.25, -0.2) is 0 Å². The minimum absolute atomic E-state index is 0.0195. The Morgan fingerprint density at radius 1 is 1.17 bits per heavy atom. The lowest BCUT2D eigenvalue weighted by Crippen LogP contribution is -2.22. The first-order valence-electron chi connectivity index (χ1n) is 9.25. The van der Waals surface area contributed by atoms with Gasteiger partial charge in [-0.1, -0.05) is 30.0 Å². The summed E-state index contributed by atoms with van der Waals surface area (Å²) in [6, 6.07) is 15.6. The number of carbonyl (C=O) groups is 1. The molecule has 0 bridgehead atoms. The lowest BCUT2D eigenvalue weighted by atomic mass is 10.3. The van der Waals surface area contributed by atoms with Crippen LogP contribution < -0.4 is 5.32 Å². The van der Waals surface area contributed by atoms with E-state index in [0.717, 1.165) is 24.4 Å². The Kier molecular flexibility index (Phi) is 5.30. The quantitative estimate of drug-likeness (QED) is 0.357. The summed E-state index contributed by atoms with van der Waals surface area (Å²) >= 11 is 1.34. The van der Waals surface area contributed by atoms with Gasteiger partial charge in [-0.2, -0.15) is 0 Å². The molecule has 1 aliphatic rings. The molecule has 0 aliphatic heterocycles. The van der Waals surface area contributed by atoms with Crippen molar-refractivity contribution >= 4 is 29.0 Å². The average molecular weight is 409 g/mol. The standard InChI is InChI=1S/C20H19N5O3S/c1-13(19(26)21-15-9-11-17(12-10-15)25(27)28)29-20-23-22-18(14-7-8-14)24(20)16-5-3-2-4-6-16/h2-6,9-14H,7-8H2,1H3,(H,21,26). The van der Waals surface area contributed by atoms with E-state index in [1.165, 1.54) is 36.0 Å². The average Bonchev–Trinajstić information content (AvgIpc) is 3.49. The van der Waals surface area contributed by atoms with Crippen LogP contribution in [0.25, 0.3) is 5.69 Å². The first kappa shape index (κ1) is 19.1. The highest BCUT2D eigenvalue weighted by molar-refractivity contribution is 8.00. The van der Waals surface area contributed by atoms with E-state index in [1.807, 2.05) is 34.9 Å². The van der Waals surface area contributed by atoms with Crippen molar-refractivity contribution in [1.29, 1.82) is 0 Å². The number of nitrogens with one attached hydrogen (secondary N) is 1. The highest BCUT2D eigenvalue weighted by atomic mass is 32.2. The largest absolute Gasteiger partial charge is 0.325 e. The molecule has 1 amide bonds. The van der Waals surface area contributed by atoms with Crippen molar-refractivity contribution < 1.29 is 9.72 Å². The third-order valence-electron chi connectivity index (χ3n) is 4.61. The van der Waals surface area contributed by atoms with E-state index in [9.17, 15) is 14.9 Å². The summed E-state index contributed by atoms with van der Waals surface area (Å²) in [5, 5.41) is 22.5. The van der Waals surface area contributed by atoms with E-state index in [0.29, 0.717) is 16.8 Å². The van der Waals surface area contributed by atoms with Crippen molar-refractivity contribution in [3.63, 3.8) is 0 Å². The first-order valence-corrected chi connectivity index (χ1v) is 10.1. The third-order valence-corrected chi connectivity index (χ3v) is 5.66. The molecule has 9 heteroatoms. The van der Waals surface area contributed by atoms with Gasteiger partial charge in [0.25, 0.3) is 5.69 Å². The summed E-state index contributed by atoms with van der Waals surface area (Å²) in [6.45, 7) is 1.80. The highest BCUT2D eigenvalue weighted by Gasteiger charge is 2.31. The fraction of sp³-hybridized carbons (Fsp3) is 0.250. The lowest BCUT2D eigenvalue weighted by Gasteiger charge is -2.14. The van der Waals surface area contributed by atoms with Crippen molar-refractivity contribution in [2.24, 2.45) is 0 Å². The molecule has 1 saturated carbocycles. The molecule has 1 N–H and O–H groups in total. The molecular weight excluding hydrogens is 390 g/mol. The molecule has 1 aromatic heterocycles. The molecule has 4 rings (SSSR count). The summed E-state index contributed by atoms with van der Waals surface area (Å²) in [7, 11) is 0. The van der Waals surface area contributed by atoms with Crippen LogP contribution in [0.4, 0.5) is 11.4 Å². The van der Waals surface area contributed by atoms with E-state index in [4.69, 9.17) is 0 Å². The number of hydrogen-bond acceptors (Lipinski definition) is 6. The fourth-order valence-electron chi connectivity index (χ4n) is 2.91. The summed E-state index contributed by atoms with van der Waals surface area (Å²) < 4.78 is 2.03. The van der Waals surface area contributed by atoms with Crippen LogP contribution >= 0.6 is 11.8 Å². The molecule has 0 saturated heterocycles. The zero-order chi connectivity index (χ0) is 20.4. The topological polar surface area (TPSA) is 103 Å². The van der Waals surface area contributed by atoms with Gasteiger partial charge in [-0.15, -0.1) is 10.2 Å². The zero-order valence-electron chi connectivity index (χ0n) is 15.7. The molecule has 2 aromatic carbocycles. The van der Waals surface area contributed by atoms with Crippen LogP contribution in [0.5, 0.6) is 0 Å². The number of non-ortho nitro benzene ring substituents is 1. The van der Waals surface area contributed by atoms with E-state index >= 15 is 0 Å². The molecule has 1 atom stereocenters. The number of hydrogen-bond donors (Lipinski definition) is 1. The van der Waals surface area contributed by atoms with E-state index in [2.05, 4.69) is 15.5 Å². The second kappa shape index (κ2) is 8.04. The maximum absolute atomic E-state index is 12.6. The van der Waals surface area contributed by atoms with Gasteiger partial charge in [-0.05, 0) is 44.0 Å². The SMILES string of the molecule is CC(Sc1nnc(C2CC2)n1-c1ccccc1)C(=O)Nc1ccc([N+](=O)[O-])cc1. The minimum Gasteiger partial charge on any atom is -0.325 e. The second-order valence-corrected chi connectivity index (χ2v) is 8.15. The van der Waals surface area contributed by atoms with Crippen LogP contribution in [0, 0.1) is 10.1 Å². The van der Waals surface area contributed by atoms with Crippen molar-refractivity contribution in [3.05, 3.63) is 70.5 Å². The summed E-state index contributed by atoms with van der Waals surface area (Å²) in [6.07, 6.45) is 2.21. The van der Waals surface area contributed by atoms with Gasteiger partial charge in [0.15, 0.2) is 5.16 Å². The van der Waals surface area contributed by atoms with E-state index in [-0.39, 0.29) is 11.6 Å². The molecule has 148 valence electrons. The fourth-order valence-corrected chi connectivity index (χ4v) is 3.78. The van der Waals surface area contributed by atoms with Crippen LogP contribution in [0.1, 0.15) is 31.5 Å². The van der Waals surface area contributed by atoms with Gasteiger partial charge in [0.05, 0.1) is 10.2 Å². The van der Waals surface area contributed by atoms with E-state index in [1.54, 1.807) is 6.92 Å². The van der Waals surface area contributed by atoms with Gasteiger partial charge >= 0.3 is 0 Å². The number of nitro benzene ring substituents is 1. The van der Waals surface area contributed by atoms with Crippen LogP contribution in [0.3, 0.4) is 0 Å². The predicted molar refractivity (Wildman–Crippen MR) is 110 cm³/mol. The normalized spacial score (nSPS) is 14.4. The van der Waals surface area contributed by atoms with Crippen molar-refractivity contribution in [3.8, 4) is 5.69 Å². The van der Waals surface area contributed by atoms with Gasteiger partial charge in [0.1, 0.15) is 5.82 Å². The monoisotopic (exact) mass is 409 g/mol. The second-order valence-electron chi connectivity index (χ2n) is 6.84. The Balaban J connectivity index is 1.50. The number of amides is 1. The molecule has 29 heavy (non-hydrogen) atoms. The van der Waals surface area contributed by atoms with Crippen LogP contribution in [0.2, 0.25) is 0 Å². The number of carbonyl (C=O) groups excluding carboxylic acids is 1. The van der Waals surface area contributed by atoms with Gasteiger partial charge in [0.2, 0.25) is 5.91 Å². The number of anilines is 1. The van der Waals surface area contributed by atoms with Crippen molar-refractivity contribution in [2.75, 3.05) is 5.32 Å². The van der Waals surface area contributed by atoms with Gasteiger partial charge in [0, 0.05) is 29.4 Å². The Morgan fingerprint density at radius 3 is 2.48 bits per heavy atom. The maximum Gasteiger partial charge on any atom is 0.269 e. The van der Waals surface area contributed by atoms with Crippen LogP contribution in [-0.2, 0) is 4.79 Å². The predicted octanol–water partition coefficient (Wildman–Crippen LogP) is 4.17. The first-order chi connectivity index (χ1) is 14.0. The Bertz CT molecular complexity index is 1030. The molecule has 1 unspecified atom stereocenters. The maximum atomic E-state index is 12.6. The van der Waals surface area contributed by atoms with Gasteiger partial charge < -0.3 is 5.32 Å². The molecule has 1 aliphatic carbocycles. The number of para-hydroxylation sites is 1. The van der Waals surface area contributed by atoms with Gasteiger partial charge in [-0.3, -0.25) is 19.5 Å². The molecular formula is C20H19N5O3S. The van der Waals surface area contributed by atoms with Crippen molar-refractivity contribution in [2.45, 2.75) is 36.1 Å². The Hall–Kier alpha value is -3.20. The zero-order valence-corrected chi connectivity index (χ0v) is 16.5. The minimum atomic E-state index is -0.474. The molecule has 0 radical (unpaired) electrons. The molecule has 1 heterocycles. The third kappa shape index (κ3) is 4.29. The number of thioether (sulfide) groups is 1.